The molecule has 0 spiro atoms. The normalized spacial score (nSPS) is 13.1. The fourth-order valence-corrected chi connectivity index (χ4v) is 3.72. The summed E-state index contributed by atoms with van der Waals surface area (Å²) in [6.45, 7) is 1.02. The van der Waals surface area contributed by atoms with E-state index in [1.165, 1.54) is 11.3 Å². The Balaban J connectivity index is 1.58. The fourth-order valence-electron chi connectivity index (χ4n) is 2.31. The van der Waals surface area contributed by atoms with Crippen molar-refractivity contribution in [3.05, 3.63) is 46.4 Å². The minimum Gasteiger partial charge on any atom is -0.486 e. The average molecular weight is 391 g/mol. The van der Waals surface area contributed by atoms with Gasteiger partial charge in [0.1, 0.15) is 13.2 Å². The van der Waals surface area contributed by atoms with Gasteiger partial charge in [0, 0.05) is 10.0 Å². The lowest BCUT2D eigenvalue weighted by atomic mass is 10.2. The predicted octanol–water partition coefficient (Wildman–Crippen LogP) is 4.08. The smallest absolute Gasteiger partial charge is 0.257 e. The van der Waals surface area contributed by atoms with Gasteiger partial charge in [-0.05, 0) is 36.4 Å². The van der Waals surface area contributed by atoms with Crippen LogP contribution in [-0.2, 0) is 0 Å². The molecule has 1 aliphatic heterocycles. The molecule has 0 fully saturated rings. The summed E-state index contributed by atoms with van der Waals surface area (Å²) in [7, 11) is 0. The Morgan fingerprint density at radius 1 is 1.13 bits per heavy atom. The van der Waals surface area contributed by atoms with Crippen LogP contribution in [0.5, 0.6) is 11.5 Å². The second-order valence-electron chi connectivity index (χ2n) is 4.94. The van der Waals surface area contributed by atoms with Crippen LogP contribution in [0.4, 0.5) is 5.13 Å². The molecule has 4 rings (SSSR count). The summed E-state index contributed by atoms with van der Waals surface area (Å²) in [6, 6.07) is 11.0. The molecule has 2 aromatic carbocycles. The molecule has 0 atom stereocenters. The predicted molar refractivity (Wildman–Crippen MR) is 92.7 cm³/mol. The van der Waals surface area contributed by atoms with E-state index in [4.69, 9.17) is 9.47 Å². The number of fused-ring (bicyclic) bond motifs is 2. The number of hydrogen-bond acceptors (Lipinski definition) is 5. The highest BCUT2D eigenvalue weighted by Gasteiger charge is 2.16. The quantitative estimate of drug-likeness (QED) is 0.715. The van der Waals surface area contributed by atoms with Gasteiger partial charge in [-0.3, -0.25) is 10.1 Å². The SMILES string of the molecule is O=C(Nc1nc2ccc(Br)cc2s1)c1ccc2c(c1)OCCO2. The van der Waals surface area contributed by atoms with Gasteiger partial charge in [0.05, 0.1) is 10.2 Å². The maximum absolute atomic E-state index is 12.4. The van der Waals surface area contributed by atoms with Crippen LogP contribution in [-0.4, -0.2) is 24.1 Å². The maximum Gasteiger partial charge on any atom is 0.257 e. The Morgan fingerprint density at radius 2 is 1.96 bits per heavy atom. The number of thiazole rings is 1. The Labute approximate surface area is 144 Å². The first-order chi connectivity index (χ1) is 11.2. The van der Waals surface area contributed by atoms with Crippen molar-refractivity contribution in [2.45, 2.75) is 0 Å². The molecule has 0 bridgehead atoms. The van der Waals surface area contributed by atoms with Crippen LogP contribution in [0, 0.1) is 0 Å². The highest BCUT2D eigenvalue weighted by molar-refractivity contribution is 9.10. The van der Waals surface area contributed by atoms with Gasteiger partial charge in [-0.2, -0.15) is 0 Å². The van der Waals surface area contributed by atoms with Gasteiger partial charge in [-0.15, -0.1) is 0 Å². The molecule has 0 radical (unpaired) electrons. The molecule has 23 heavy (non-hydrogen) atoms. The molecule has 1 aliphatic rings. The van der Waals surface area contributed by atoms with Crippen molar-refractivity contribution >= 4 is 48.5 Å². The summed E-state index contributed by atoms with van der Waals surface area (Å²) in [4.78, 5) is 16.8. The second-order valence-corrected chi connectivity index (χ2v) is 6.89. The molecule has 0 saturated heterocycles. The summed E-state index contributed by atoms with van der Waals surface area (Å²) >= 11 is 4.86. The fraction of sp³-hybridized carbons (Fsp3) is 0.125. The Morgan fingerprint density at radius 3 is 2.83 bits per heavy atom. The number of ether oxygens (including phenoxy) is 2. The van der Waals surface area contributed by atoms with E-state index in [1.807, 2.05) is 18.2 Å². The molecule has 116 valence electrons. The van der Waals surface area contributed by atoms with Crippen molar-refractivity contribution in [1.29, 1.82) is 0 Å². The van der Waals surface area contributed by atoms with Crippen molar-refractivity contribution < 1.29 is 14.3 Å². The monoisotopic (exact) mass is 390 g/mol. The van der Waals surface area contributed by atoms with Crippen molar-refractivity contribution in [1.82, 2.24) is 4.98 Å². The molecule has 2 heterocycles. The second kappa shape index (κ2) is 5.82. The van der Waals surface area contributed by atoms with E-state index >= 15 is 0 Å². The van der Waals surface area contributed by atoms with Gasteiger partial charge in [0.2, 0.25) is 0 Å². The molecular formula is C16H11BrN2O3S. The molecular weight excluding hydrogens is 380 g/mol. The summed E-state index contributed by atoms with van der Waals surface area (Å²) in [6.07, 6.45) is 0. The van der Waals surface area contributed by atoms with Gasteiger partial charge in [0.25, 0.3) is 5.91 Å². The van der Waals surface area contributed by atoms with Crippen LogP contribution in [0.1, 0.15) is 10.4 Å². The van der Waals surface area contributed by atoms with Gasteiger partial charge < -0.3 is 9.47 Å². The number of nitrogens with zero attached hydrogens (tertiary/aromatic N) is 1. The molecule has 1 amide bonds. The zero-order valence-corrected chi connectivity index (χ0v) is 14.2. The number of anilines is 1. The number of halogens is 1. The lowest BCUT2D eigenvalue weighted by molar-refractivity contribution is 0.102. The number of aromatic nitrogens is 1. The number of nitrogens with one attached hydrogen (secondary N) is 1. The number of benzene rings is 2. The molecule has 0 unspecified atom stereocenters. The van der Waals surface area contributed by atoms with Crippen LogP contribution >= 0.6 is 27.3 Å². The van der Waals surface area contributed by atoms with Gasteiger partial charge in [0.15, 0.2) is 16.6 Å². The molecule has 1 aromatic heterocycles. The molecule has 1 N–H and O–H groups in total. The first-order valence-corrected chi connectivity index (χ1v) is 8.57. The number of carbonyl (C=O) groups is 1. The van der Waals surface area contributed by atoms with E-state index in [9.17, 15) is 4.79 Å². The Bertz CT molecular complexity index is 909. The van der Waals surface area contributed by atoms with Crippen molar-refractivity contribution in [2.24, 2.45) is 0 Å². The Kier molecular flexibility index (Phi) is 3.66. The highest BCUT2D eigenvalue weighted by atomic mass is 79.9. The summed E-state index contributed by atoms with van der Waals surface area (Å²) in [5, 5.41) is 3.40. The van der Waals surface area contributed by atoms with Crippen LogP contribution in [0.25, 0.3) is 10.2 Å². The van der Waals surface area contributed by atoms with Crippen LogP contribution in [0.15, 0.2) is 40.9 Å². The minimum atomic E-state index is -0.222. The number of hydrogen-bond donors (Lipinski definition) is 1. The van der Waals surface area contributed by atoms with Gasteiger partial charge >= 0.3 is 0 Å². The third-order valence-corrected chi connectivity index (χ3v) is 4.80. The van der Waals surface area contributed by atoms with Gasteiger partial charge in [-0.25, -0.2) is 4.98 Å². The van der Waals surface area contributed by atoms with Crippen molar-refractivity contribution in [3.8, 4) is 11.5 Å². The van der Waals surface area contributed by atoms with Crippen LogP contribution < -0.4 is 14.8 Å². The zero-order valence-electron chi connectivity index (χ0n) is 11.8. The van der Waals surface area contributed by atoms with E-state index in [0.29, 0.717) is 35.4 Å². The summed E-state index contributed by atoms with van der Waals surface area (Å²) < 4.78 is 13.0. The third-order valence-electron chi connectivity index (χ3n) is 3.38. The van der Waals surface area contributed by atoms with E-state index in [-0.39, 0.29) is 5.91 Å². The molecule has 0 saturated carbocycles. The van der Waals surface area contributed by atoms with Crippen molar-refractivity contribution in [3.63, 3.8) is 0 Å². The molecule has 7 heteroatoms. The number of rotatable bonds is 2. The standard InChI is InChI=1S/C16H11BrN2O3S/c17-10-2-3-11-14(8-10)23-16(18-11)19-15(20)9-1-4-12-13(7-9)22-6-5-21-12/h1-4,7-8H,5-6H2,(H,18,19,20). The van der Waals surface area contributed by atoms with E-state index in [1.54, 1.807) is 18.2 Å². The Hall–Kier alpha value is -2.12. The zero-order chi connectivity index (χ0) is 15.8. The molecule has 3 aromatic rings. The topological polar surface area (TPSA) is 60.5 Å². The first kappa shape index (κ1) is 14.5. The number of carbonyl (C=O) groups excluding carboxylic acids is 1. The average Bonchev–Trinajstić information content (AvgIpc) is 2.95. The minimum absolute atomic E-state index is 0.222. The van der Waals surface area contributed by atoms with Gasteiger partial charge in [-0.1, -0.05) is 27.3 Å². The van der Waals surface area contributed by atoms with E-state index < -0.39 is 0 Å². The van der Waals surface area contributed by atoms with E-state index in [0.717, 1.165) is 14.7 Å². The summed E-state index contributed by atoms with van der Waals surface area (Å²) in [5.74, 6) is 1.04. The van der Waals surface area contributed by atoms with Crippen LogP contribution in [0.2, 0.25) is 0 Å². The lowest BCUT2D eigenvalue weighted by Gasteiger charge is -2.18. The molecule has 0 aliphatic carbocycles. The first-order valence-electron chi connectivity index (χ1n) is 6.96. The largest absolute Gasteiger partial charge is 0.486 e. The third kappa shape index (κ3) is 2.89. The lowest BCUT2D eigenvalue weighted by Crippen LogP contribution is -2.17. The van der Waals surface area contributed by atoms with Crippen molar-refractivity contribution in [2.75, 3.05) is 18.5 Å². The summed E-state index contributed by atoms with van der Waals surface area (Å²) in [5.41, 5.74) is 1.37. The maximum atomic E-state index is 12.4. The number of amides is 1. The highest BCUT2D eigenvalue weighted by Crippen LogP contribution is 2.32. The van der Waals surface area contributed by atoms with Crippen LogP contribution in [0.3, 0.4) is 0 Å². The molecule has 5 nitrogen and oxygen atoms in total. The van der Waals surface area contributed by atoms with E-state index in [2.05, 4.69) is 26.2 Å².